The number of H-pyrrole nitrogens is 1. The van der Waals surface area contributed by atoms with E-state index < -0.39 is 0 Å². The molecule has 0 aliphatic rings. The summed E-state index contributed by atoms with van der Waals surface area (Å²) in [6.45, 7) is 4.01. The largest absolute Gasteiger partial charge is 0.491 e. The summed E-state index contributed by atoms with van der Waals surface area (Å²) in [6.07, 6.45) is 0.786. The minimum Gasteiger partial charge on any atom is -0.491 e. The lowest BCUT2D eigenvalue weighted by Crippen LogP contribution is -2.11. The smallest absolute Gasteiger partial charge is 0.272 e. The molecular weight excluding hydrogens is 276 g/mol. The summed E-state index contributed by atoms with van der Waals surface area (Å²) in [5, 5.41) is 8.35. The molecule has 3 aromatic rings. The van der Waals surface area contributed by atoms with Crippen LogP contribution < -0.4 is 10.3 Å². The van der Waals surface area contributed by atoms with E-state index >= 15 is 0 Å². The molecule has 0 saturated heterocycles. The van der Waals surface area contributed by atoms with Crippen LogP contribution in [-0.2, 0) is 6.42 Å². The number of nitrogens with zero attached hydrogens (tertiary/aromatic N) is 1. The van der Waals surface area contributed by atoms with Gasteiger partial charge in [-0.1, -0.05) is 30.3 Å². The highest BCUT2D eigenvalue weighted by Crippen LogP contribution is 2.20. The molecule has 4 heteroatoms. The first kappa shape index (κ1) is 14.3. The highest BCUT2D eigenvalue weighted by molar-refractivity contribution is 5.83. The average Bonchev–Trinajstić information content (AvgIpc) is 2.50. The highest BCUT2D eigenvalue weighted by atomic mass is 16.5. The SMILES string of the molecule is CC(C)Oc1cccc(Cc2n[nH]c(=O)c3ccccc23)c1. The van der Waals surface area contributed by atoms with Gasteiger partial charge < -0.3 is 4.74 Å². The van der Waals surface area contributed by atoms with Crippen molar-refractivity contribution in [3.05, 3.63) is 70.1 Å². The van der Waals surface area contributed by atoms with E-state index in [9.17, 15) is 4.79 Å². The molecule has 0 unspecified atom stereocenters. The molecule has 0 saturated carbocycles. The summed E-state index contributed by atoms with van der Waals surface area (Å²) >= 11 is 0. The van der Waals surface area contributed by atoms with Gasteiger partial charge in [0.1, 0.15) is 5.75 Å². The monoisotopic (exact) mass is 294 g/mol. The lowest BCUT2D eigenvalue weighted by Gasteiger charge is -2.11. The maximum Gasteiger partial charge on any atom is 0.272 e. The first-order valence-electron chi connectivity index (χ1n) is 7.35. The molecule has 0 atom stereocenters. The van der Waals surface area contributed by atoms with Gasteiger partial charge in [0.15, 0.2) is 0 Å². The maximum absolute atomic E-state index is 11.8. The van der Waals surface area contributed by atoms with Crippen LogP contribution >= 0.6 is 0 Å². The Bertz CT molecular complexity index is 853. The molecule has 0 aliphatic carbocycles. The van der Waals surface area contributed by atoms with Gasteiger partial charge in [0.05, 0.1) is 17.2 Å². The fraction of sp³-hybridized carbons (Fsp3) is 0.222. The molecule has 3 rings (SSSR count). The zero-order valence-corrected chi connectivity index (χ0v) is 12.7. The molecule has 22 heavy (non-hydrogen) atoms. The Morgan fingerprint density at radius 1 is 1.09 bits per heavy atom. The van der Waals surface area contributed by atoms with Gasteiger partial charge in [0.2, 0.25) is 0 Å². The predicted octanol–water partition coefficient (Wildman–Crippen LogP) is 3.30. The van der Waals surface area contributed by atoms with Crippen molar-refractivity contribution in [3.8, 4) is 5.75 Å². The Hall–Kier alpha value is -2.62. The van der Waals surface area contributed by atoms with Crippen LogP contribution in [0.5, 0.6) is 5.75 Å². The normalized spacial score (nSPS) is 11.0. The minimum absolute atomic E-state index is 0.141. The van der Waals surface area contributed by atoms with Gasteiger partial charge >= 0.3 is 0 Å². The number of ether oxygens (including phenoxy) is 1. The van der Waals surface area contributed by atoms with Crippen molar-refractivity contribution in [1.29, 1.82) is 0 Å². The molecule has 0 fully saturated rings. The van der Waals surface area contributed by atoms with Gasteiger partial charge in [0, 0.05) is 11.8 Å². The van der Waals surface area contributed by atoms with Crippen molar-refractivity contribution in [3.63, 3.8) is 0 Å². The van der Waals surface area contributed by atoms with Crippen LogP contribution in [0.1, 0.15) is 25.1 Å². The third kappa shape index (κ3) is 3.01. The molecule has 0 aliphatic heterocycles. The van der Waals surface area contributed by atoms with Gasteiger partial charge in [0.25, 0.3) is 5.56 Å². The Morgan fingerprint density at radius 2 is 1.86 bits per heavy atom. The van der Waals surface area contributed by atoms with Crippen LogP contribution in [0.4, 0.5) is 0 Å². The first-order chi connectivity index (χ1) is 10.6. The second-order valence-electron chi connectivity index (χ2n) is 5.54. The van der Waals surface area contributed by atoms with E-state index in [1.807, 2.05) is 62.4 Å². The van der Waals surface area contributed by atoms with Gasteiger partial charge in [-0.3, -0.25) is 4.79 Å². The second kappa shape index (κ2) is 6.02. The molecule has 2 aromatic carbocycles. The Labute approximate surface area is 128 Å². The first-order valence-corrected chi connectivity index (χ1v) is 7.35. The van der Waals surface area contributed by atoms with Crippen molar-refractivity contribution in [2.75, 3.05) is 0 Å². The van der Waals surface area contributed by atoms with Gasteiger partial charge in [-0.25, -0.2) is 5.10 Å². The van der Waals surface area contributed by atoms with Crippen molar-refractivity contribution < 1.29 is 4.74 Å². The second-order valence-corrected chi connectivity index (χ2v) is 5.54. The van der Waals surface area contributed by atoms with Gasteiger partial charge in [-0.15, -0.1) is 0 Å². The molecule has 4 nitrogen and oxygen atoms in total. The van der Waals surface area contributed by atoms with Crippen molar-refractivity contribution >= 4 is 10.8 Å². The Balaban J connectivity index is 1.97. The van der Waals surface area contributed by atoms with Crippen LogP contribution in [0.2, 0.25) is 0 Å². The van der Waals surface area contributed by atoms with E-state index in [0.29, 0.717) is 11.8 Å². The van der Waals surface area contributed by atoms with E-state index in [4.69, 9.17) is 4.74 Å². The summed E-state index contributed by atoms with van der Waals surface area (Å²) < 4.78 is 5.72. The Morgan fingerprint density at radius 3 is 2.64 bits per heavy atom. The van der Waals surface area contributed by atoms with E-state index in [2.05, 4.69) is 10.2 Å². The molecular formula is C18H18N2O2. The fourth-order valence-corrected chi connectivity index (χ4v) is 2.50. The van der Waals surface area contributed by atoms with E-state index in [-0.39, 0.29) is 11.7 Å². The average molecular weight is 294 g/mol. The zero-order valence-electron chi connectivity index (χ0n) is 12.7. The highest BCUT2D eigenvalue weighted by Gasteiger charge is 2.07. The van der Waals surface area contributed by atoms with E-state index in [1.165, 1.54) is 0 Å². The van der Waals surface area contributed by atoms with Crippen LogP contribution in [0.3, 0.4) is 0 Å². The lowest BCUT2D eigenvalue weighted by atomic mass is 10.0. The molecule has 0 amide bonds. The molecule has 0 spiro atoms. The van der Waals surface area contributed by atoms with Crippen LogP contribution in [-0.4, -0.2) is 16.3 Å². The zero-order chi connectivity index (χ0) is 15.5. The maximum atomic E-state index is 11.8. The molecule has 1 aromatic heterocycles. The molecule has 0 radical (unpaired) electrons. The van der Waals surface area contributed by atoms with E-state index in [1.54, 1.807) is 0 Å². The van der Waals surface area contributed by atoms with Crippen LogP contribution in [0.15, 0.2) is 53.3 Å². The van der Waals surface area contributed by atoms with E-state index in [0.717, 1.165) is 22.4 Å². The number of rotatable bonds is 4. The third-order valence-electron chi connectivity index (χ3n) is 3.42. The molecule has 0 bridgehead atoms. The quantitative estimate of drug-likeness (QED) is 0.803. The summed E-state index contributed by atoms with van der Waals surface area (Å²) in [5.41, 5.74) is 1.80. The molecule has 1 heterocycles. The minimum atomic E-state index is -0.156. The Kier molecular flexibility index (Phi) is 3.92. The van der Waals surface area contributed by atoms with Gasteiger partial charge in [-0.2, -0.15) is 5.10 Å². The number of hydrogen-bond donors (Lipinski definition) is 1. The molecule has 1 N–H and O–H groups in total. The number of fused-ring (bicyclic) bond motifs is 1. The topological polar surface area (TPSA) is 55.0 Å². The standard InChI is InChI=1S/C18H18N2O2/c1-12(2)22-14-7-5-6-13(10-14)11-17-15-8-3-4-9-16(15)18(21)20-19-17/h3-10,12H,11H2,1-2H3,(H,20,21). The van der Waals surface area contributed by atoms with Gasteiger partial charge in [-0.05, 0) is 37.6 Å². The number of benzene rings is 2. The fourth-order valence-electron chi connectivity index (χ4n) is 2.50. The molecule has 112 valence electrons. The summed E-state index contributed by atoms with van der Waals surface area (Å²) in [6, 6.07) is 15.5. The number of aromatic nitrogens is 2. The number of aromatic amines is 1. The summed E-state index contributed by atoms with van der Waals surface area (Å²) in [5.74, 6) is 0.848. The van der Waals surface area contributed by atoms with Crippen molar-refractivity contribution in [2.24, 2.45) is 0 Å². The van der Waals surface area contributed by atoms with Crippen LogP contribution in [0, 0.1) is 0 Å². The van der Waals surface area contributed by atoms with Crippen molar-refractivity contribution in [2.45, 2.75) is 26.4 Å². The van der Waals surface area contributed by atoms with Crippen molar-refractivity contribution in [1.82, 2.24) is 10.2 Å². The number of nitrogens with one attached hydrogen (secondary N) is 1. The summed E-state index contributed by atoms with van der Waals surface area (Å²) in [4.78, 5) is 11.8. The predicted molar refractivity (Wildman–Crippen MR) is 87.4 cm³/mol. The third-order valence-corrected chi connectivity index (χ3v) is 3.42. The summed E-state index contributed by atoms with van der Waals surface area (Å²) in [7, 11) is 0. The number of hydrogen-bond acceptors (Lipinski definition) is 3. The van der Waals surface area contributed by atoms with Crippen LogP contribution in [0.25, 0.3) is 10.8 Å². The lowest BCUT2D eigenvalue weighted by molar-refractivity contribution is 0.242.